The first-order valence-corrected chi connectivity index (χ1v) is 3.67. The van der Waals surface area contributed by atoms with Gasteiger partial charge >= 0.3 is 5.97 Å². The Bertz CT molecular complexity index is 136. The summed E-state index contributed by atoms with van der Waals surface area (Å²) < 4.78 is 4.91. The van der Waals surface area contributed by atoms with Crippen LogP contribution >= 0.6 is 11.6 Å². The van der Waals surface area contributed by atoms with Crippen LogP contribution in [0.5, 0.6) is 0 Å². The van der Waals surface area contributed by atoms with Crippen molar-refractivity contribution >= 4 is 17.6 Å². The van der Waals surface area contributed by atoms with E-state index in [1.54, 1.807) is 6.08 Å². The molecule has 0 aromatic carbocycles. The van der Waals surface area contributed by atoms with Crippen LogP contribution in [0.1, 0.15) is 6.42 Å². The van der Waals surface area contributed by atoms with Crippen molar-refractivity contribution in [3.63, 3.8) is 0 Å². The Hall–Kier alpha value is -0.540. The molecule has 0 aromatic rings. The molecule has 0 saturated heterocycles. The number of carboxylic acids is 1. The zero-order chi connectivity index (χ0) is 8.69. The standard InChI is InChI=1S/C7H11ClO3/c1-2-3-4-11-5-6(8)7(9)10/h2,6H,1,3-5H2,(H,9,10). The molecule has 0 spiro atoms. The van der Waals surface area contributed by atoms with Crippen molar-refractivity contribution in [2.75, 3.05) is 13.2 Å². The van der Waals surface area contributed by atoms with Crippen LogP contribution in [0, 0.1) is 0 Å². The molecule has 0 fully saturated rings. The fourth-order valence-electron chi connectivity index (χ4n) is 0.425. The number of rotatable bonds is 6. The number of halogens is 1. The smallest absolute Gasteiger partial charge is 0.324 e. The average Bonchev–Trinajstić information content (AvgIpc) is 1.97. The van der Waals surface area contributed by atoms with Gasteiger partial charge in [-0.2, -0.15) is 0 Å². The summed E-state index contributed by atoms with van der Waals surface area (Å²) in [5, 5.41) is 7.36. The van der Waals surface area contributed by atoms with E-state index in [9.17, 15) is 4.79 Å². The molecule has 0 bridgehead atoms. The molecule has 0 saturated carbocycles. The predicted octanol–water partition coefficient (Wildman–Crippen LogP) is 1.27. The first kappa shape index (κ1) is 10.5. The maximum Gasteiger partial charge on any atom is 0.324 e. The molecule has 0 aromatic heterocycles. The number of ether oxygens (including phenoxy) is 1. The van der Waals surface area contributed by atoms with Crippen LogP contribution in [0.25, 0.3) is 0 Å². The van der Waals surface area contributed by atoms with E-state index in [4.69, 9.17) is 21.4 Å². The number of alkyl halides is 1. The van der Waals surface area contributed by atoms with E-state index in [2.05, 4.69) is 6.58 Å². The van der Waals surface area contributed by atoms with E-state index in [1.807, 2.05) is 0 Å². The van der Waals surface area contributed by atoms with Gasteiger partial charge in [-0.25, -0.2) is 0 Å². The Labute approximate surface area is 70.6 Å². The number of aliphatic carboxylic acids is 1. The maximum absolute atomic E-state index is 10.1. The highest BCUT2D eigenvalue weighted by atomic mass is 35.5. The van der Waals surface area contributed by atoms with Crippen molar-refractivity contribution in [3.05, 3.63) is 12.7 Å². The summed E-state index contributed by atoms with van der Waals surface area (Å²) in [7, 11) is 0. The Morgan fingerprint density at radius 2 is 2.45 bits per heavy atom. The van der Waals surface area contributed by atoms with E-state index in [0.29, 0.717) is 13.0 Å². The molecule has 0 radical (unpaired) electrons. The summed E-state index contributed by atoms with van der Waals surface area (Å²) in [4.78, 5) is 10.1. The van der Waals surface area contributed by atoms with E-state index in [1.165, 1.54) is 0 Å². The van der Waals surface area contributed by atoms with Crippen LogP contribution in [-0.4, -0.2) is 29.7 Å². The Morgan fingerprint density at radius 3 is 2.91 bits per heavy atom. The lowest BCUT2D eigenvalue weighted by Crippen LogP contribution is -2.19. The van der Waals surface area contributed by atoms with Crippen molar-refractivity contribution in [1.29, 1.82) is 0 Å². The second kappa shape index (κ2) is 6.19. The molecule has 1 unspecified atom stereocenters. The van der Waals surface area contributed by atoms with Gasteiger partial charge in [-0.15, -0.1) is 18.2 Å². The number of hydrogen-bond donors (Lipinski definition) is 1. The van der Waals surface area contributed by atoms with Gasteiger partial charge in [0.1, 0.15) is 0 Å². The molecule has 0 aliphatic carbocycles. The molecule has 64 valence electrons. The second-order valence-electron chi connectivity index (χ2n) is 1.96. The lowest BCUT2D eigenvalue weighted by atomic mass is 10.4. The van der Waals surface area contributed by atoms with Gasteiger partial charge in [-0.3, -0.25) is 4.79 Å². The summed E-state index contributed by atoms with van der Waals surface area (Å²) in [5.41, 5.74) is 0. The third-order valence-electron chi connectivity index (χ3n) is 0.998. The Kier molecular flexibility index (Phi) is 5.88. The maximum atomic E-state index is 10.1. The third kappa shape index (κ3) is 5.88. The summed E-state index contributed by atoms with van der Waals surface area (Å²) in [6, 6.07) is 0. The van der Waals surface area contributed by atoms with E-state index in [0.717, 1.165) is 0 Å². The monoisotopic (exact) mass is 178 g/mol. The van der Waals surface area contributed by atoms with Gasteiger partial charge in [0.05, 0.1) is 13.2 Å². The van der Waals surface area contributed by atoms with E-state index in [-0.39, 0.29) is 6.61 Å². The van der Waals surface area contributed by atoms with Gasteiger partial charge in [0.15, 0.2) is 5.38 Å². The minimum Gasteiger partial charge on any atom is -0.480 e. The zero-order valence-electron chi connectivity index (χ0n) is 6.12. The molecule has 4 heteroatoms. The van der Waals surface area contributed by atoms with Crippen molar-refractivity contribution < 1.29 is 14.6 Å². The lowest BCUT2D eigenvalue weighted by Gasteiger charge is -2.03. The lowest BCUT2D eigenvalue weighted by molar-refractivity contribution is -0.137. The topological polar surface area (TPSA) is 46.5 Å². The van der Waals surface area contributed by atoms with Crippen LogP contribution in [0.4, 0.5) is 0 Å². The van der Waals surface area contributed by atoms with Crippen LogP contribution in [-0.2, 0) is 9.53 Å². The molecule has 0 rings (SSSR count). The minimum absolute atomic E-state index is 0.0464. The third-order valence-corrected chi connectivity index (χ3v) is 1.31. The Balaban J connectivity index is 3.24. The van der Waals surface area contributed by atoms with E-state index < -0.39 is 11.3 Å². The fraction of sp³-hybridized carbons (Fsp3) is 0.571. The summed E-state index contributed by atoms with van der Waals surface area (Å²) in [6.07, 6.45) is 2.41. The predicted molar refractivity (Wildman–Crippen MR) is 42.9 cm³/mol. The van der Waals surface area contributed by atoms with Gasteiger partial charge in [0.25, 0.3) is 0 Å². The van der Waals surface area contributed by atoms with Crippen LogP contribution in [0.3, 0.4) is 0 Å². The quantitative estimate of drug-likeness (QED) is 0.379. The van der Waals surface area contributed by atoms with Gasteiger partial charge < -0.3 is 9.84 Å². The molecule has 3 nitrogen and oxygen atoms in total. The fourth-order valence-corrected chi connectivity index (χ4v) is 0.514. The minimum atomic E-state index is -1.05. The molecular weight excluding hydrogens is 168 g/mol. The van der Waals surface area contributed by atoms with E-state index >= 15 is 0 Å². The van der Waals surface area contributed by atoms with Crippen LogP contribution in [0.15, 0.2) is 12.7 Å². The zero-order valence-corrected chi connectivity index (χ0v) is 6.88. The van der Waals surface area contributed by atoms with Gasteiger partial charge in [-0.05, 0) is 6.42 Å². The molecule has 1 N–H and O–H groups in total. The molecule has 1 atom stereocenters. The largest absolute Gasteiger partial charge is 0.480 e. The highest BCUT2D eigenvalue weighted by Crippen LogP contribution is 1.96. The normalized spacial score (nSPS) is 12.5. The molecule has 0 amide bonds. The number of carbonyl (C=O) groups is 1. The first-order chi connectivity index (χ1) is 5.18. The SMILES string of the molecule is C=CCCOCC(Cl)C(=O)O. The van der Waals surface area contributed by atoms with Crippen molar-refractivity contribution in [3.8, 4) is 0 Å². The highest BCUT2D eigenvalue weighted by molar-refractivity contribution is 6.29. The number of carboxylic acid groups (broad SMARTS) is 1. The molecule has 11 heavy (non-hydrogen) atoms. The van der Waals surface area contributed by atoms with Crippen molar-refractivity contribution in [2.45, 2.75) is 11.8 Å². The first-order valence-electron chi connectivity index (χ1n) is 3.24. The highest BCUT2D eigenvalue weighted by Gasteiger charge is 2.12. The molecule has 0 aliphatic rings. The summed E-state index contributed by atoms with van der Waals surface area (Å²) in [5.74, 6) is -1.05. The number of hydrogen-bond acceptors (Lipinski definition) is 2. The molecule has 0 heterocycles. The molecule has 0 aliphatic heterocycles. The van der Waals surface area contributed by atoms with Crippen molar-refractivity contribution in [2.24, 2.45) is 0 Å². The van der Waals surface area contributed by atoms with Gasteiger partial charge in [-0.1, -0.05) is 6.08 Å². The van der Waals surface area contributed by atoms with Gasteiger partial charge in [0.2, 0.25) is 0 Å². The van der Waals surface area contributed by atoms with Crippen LogP contribution < -0.4 is 0 Å². The second-order valence-corrected chi connectivity index (χ2v) is 2.48. The molecular formula is C7H11ClO3. The van der Waals surface area contributed by atoms with Gasteiger partial charge in [0, 0.05) is 0 Å². The van der Waals surface area contributed by atoms with Crippen molar-refractivity contribution in [1.82, 2.24) is 0 Å². The Morgan fingerprint density at radius 1 is 1.82 bits per heavy atom. The summed E-state index contributed by atoms with van der Waals surface area (Å²) >= 11 is 5.34. The van der Waals surface area contributed by atoms with Crippen LogP contribution in [0.2, 0.25) is 0 Å². The summed E-state index contributed by atoms with van der Waals surface area (Å²) in [6.45, 7) is 4.00. The average molecular weight is 179 g/mol.